The maximum atomic E-state index is 12.9. The van der Waals surface area contributed by atoms with Crippen LogP contribution < -0.4 is 0 Å². The van der Waals surface area contributed by atoms with Crippen LogP contribution in [0.3, 0.4) is 0 Å². The first-order chi connectivity index (χ1) is 15.3. The van der Waals surface area contributed by atoms with Crippen molar-refractivity contribution in [2.45, 2.75) is 13.1 Å². The fraction of sp³-hybridized carbons (Fsp3) is 0.0909. The third-order valence-corrected chi connectivity index (χ3v) is 6.52. The van der Waals surface area contributed by atoms with Crippen molar-refractivity contribution in [1.82, 2.24) is 9.47 Å². The number of hydrogen-bond donors (Lipinski definition) is 0. The molecule has 3 aromatic rings. The Morgan fingerprint density at radius 1 is 1.00 bits per heavy atom. The summed E-state index contributed by atoms with van der Waals surface area (Å²) >= 11 is 12.8. The molecule has 32 heavy (non-hydrogen) atoms. The first-order valence-electron chi connectivity index (χ1n) is 9.40. The molecule has 1 aliphatic heterocycles. The number of carbonyl (C=O) groups excluding carboxylic acids is 2. The Labute approximate surface area is 197 Å². The maximum Gasteiger partial charge on any atom is 0.293 e. The molecule has 10 heteroatoms. The lowest BCUT2D eigenvalue weighted by atomic mass is 10.2. The van der Waals surface area contributed by atoms with Gasteiger partial charge in [0.2, 0.25) is 0 Å². The number of halogens is 2. The molecule has 2 amide bonds. The number of nitrogens with zero attached hydrogens (tertiary/aromatic N) is 3. The van der Waals surface area contributed by atoms with Crippen LogP contribution in [0.15, 0.2) is 65.7 Å². The second kappa shape index (κ2) is 9.20. The summed E-state index contributed by atoms with van der Waals surface area (Å²) in [7, 11) is 0. The minimum atomic E-state index is -0.424. The second-order valence-corrected chi connectivity index (χ2v) is 8.77. The Bertz CT molecular complexity index is 1270. The summed E-state index contributed by atoms with van der Waals surface area (Å²) in [5.41, 5.74) is 1.90. The van der Waals surface area contributed by atoms with Crippen LogP contribution in [-0.4, -0.2) is 25.5 Å². The number of benzene rings is 2. The predicted octanol–water partition coefficient (Wildman–Crippen LogP) is 5.99. The number of rotatable bonds is 6. The van der Waals surface area contributed by atoms with Crippen molar-refractivity contribution in [3.8, 4) is 0 Å². The van der Waals surface area contributed by atoms with Gasteiger partial charge < -0.3 is 4.57 Å². The third-order valence-electron chi connectivity index (χ3n) is 4.87. The van der Waals surface area contributed by atoms with Crippen molar-refractivity contribution >= 4 is 57.9 Å². The van der Waals surface area contributed by atoms with Crippen LogP contribution in [0.25, 0.3) is 6.08 Å². The molecular weight excluding hydrogens is 473 g/mol. The van der Waals surface area contributed by atoms with Crippen LogP contribution in [0.5, 0.6) is 0 Å². The summed E-state index contributed by atoms with van der Waals surface area (Å²) < 4.78 is 1.79. The lowest BCUT2D eigenvalue weighted by Crippen LogP contribution is -2.27. The van der Waals surface area contributed by atoms with Crippen LogP contribution in [0, 0.1) is 10.1 Å². The van der Waals surface area contributed by atoms with E-state index in [9.17, 15) is 19.7 Å². The molecule has 1 aromatic heterocycles. The quantitative estimate of drug-likeness (QED) is 0.242. The molecule has 1 aliphatic rings. The molecule has 2 aromatic carbocycles. The SMILES string of the molecule is O=C1S/C(=C/c2cccn2Cc2ccccc2[N+](=O)[O-])C(=O)N1Cc1ccc(Cl)c(Cl)c1. The Kier molecular flexibility index (Phi) is 6.36. The smallest absolute Gasteiger partial charge is 0.293 e. The number of nitro groups is 1. The Morgan fingerprint density at radius 3 is 2.53 bits per heavy atom. The van der Waals surface area contributed by atoms with Gasteiger partial charge in [0.1, 0.15) is 0 Å². The largest absolute Gasteiger partial charge is 0.343 e. The van der Waals surface area contributed by atoms with Gasteiger partial charge in [-0.3, -0.25) is 24.6 Å². The van der Waals surface area contributed by atoms with Gasteiger partial charge in [-0.25, -0.2) is 0 Å². The van der Waals surface area contributed by atoms with Gasteiger partial charge in [0.05, 0.1) is 33.0 Å². The minimum absolute atomic E-state index is 0.0223. The molecule has 1 saturated heterocycles. The molecule has 162 valence electrons. The van der Waals surface area contributed by atoms with Gasteiger partial charge in [-0.05, 0) is 47.7 Å². The van der Waals surface area contributed by atoms with Gasteiger partial charge in [0, 0.05) is 23.5 Å². The number of imide groups is 1. The van der Waals surface area contributed by atoms with Crippen LogP contribution in [0.2, 0.25) is 10.0 Å². The van der Waals surface area contributed by atoms with E-state index in [0.29, 0.717) is 26.9 Å². The number of amides is 2. The van der Waals surface area contributed by atoms with Crippen molar-refractivity contribution in [2.24, 2.45) is 0 Å². The summed E-state index contributed by atoms with van der Waals surface area (Å²) in [6, 6.07) is 15.0. The first-order valence-corrected chi connectivity index (χ1v) is 11.0. The van der Waals surface area contributed by atoms with Gasteiger partial charge in [-0.15, -0.1) is 0 Å². The van der Waals surface area contributed by atoms with Gasteiger partial charge in [0.15, 0.2) is 0 Å². The van der Waals surface area contributed by atoms with E-state index in [1.165, 1.54) is 6.07 Å². The second-order valence-electron chi connectivity index (χ2n) is 6.96. The molecular formula is C22H15Cl2N3O4S. The lowest BCUT2D eigenvalue weighted by molar-refractivity contribution is -0.385. The molecule has 0 aliphatic carbocycles. The van der Waals surface area contributed by atoms with Crippen LogP contribution in [0.4, 0.5) is 10.5 Å². The van der Waals surface area contributed by atoms with E-state index < -0.39 is 10.8 Å². The number of nitro benzene ring substituents is 1. The molecule has 7 nitrogen and oxygen atoms in total. The fourth-order valence-electron chi connectivity index (χ4n) is 3.30. The summed E-state index contributed by atoms with van der Waals surface area (Å²) in [5, 5.41) is 11.7. The Balaban J connectivity index is 1.56. The van der Waals surface area contributed by atoms with E-state index in [2.05, 4.69) is 0 Å². The van der Waals surface area contributed by atoms with Crippen molar-refractivity contribution < 1.29 is 14.5 Å². The zero-order valence-corrected chi connectivity index (χ0v) is 18.7. The molecule has 0 unspecified atom stereocenters. The first kappa shape index (κ1) is 22.1. The number of para-hydroxylation sites is 1. The normalized spacial score (nSPS) is 15.1. The van der Waals surface area contributed by atoms with Crippen molar-refractivity contribution in [2.75, 3.05) is 0 Å². The fourth-order valence-corrected chi connectivity index (χ4v) is 4.44. The molecule has 0 spiro atoms. The zero-order valence-electron chi connectivity index (χ0n) is 16.4. The molecule has 0 bridgehead atoms. The topological polar surface area (TPSA) is 85.5 Å². The van der Waals surface area contributed by atoms with E-state index in [1.54, 1.807) is 65.4 Å². The predicted molar refractivity (Wildman–Crippen MR) is 125 cm³/mol. The molecule has 0 atom stereocenters. The van der Waals surface area contributed by atoms with Crippen molar-refractivity contribution in [3.63, 3.8) is 0 Å². The van der Waals surface area contributed by atoms with Gasteiger partial charge in [-0.1, -0.05) is 47.5 Å². The zero-order chi connectivity index (χ0) is 22.8. The number of thioether (sulfide) groups is 1. The Morgan fingerprint density at radius 2 is 1.78 bits per heavy atom. The minimum Gasteiger partial charge on any atom is -0.343 e. The lowest BCUT2D eigenvalue weighted by Gasteiger charge is -2.13. The Hall–Kier alpha value is -3.07. The standard InChI is InChI=1S/C22H15Cl2N3O4S/c23-17-8-7-14(10-18(17)24)12-26-21(28)20(32-22(26)29)11-16-5-3-9-25(16)13-15-4-1-2-6-19(15)27(30)31/h1-11H,12-13H2/b20-11+. The number of carbonyl (C=O) groups is 2. The highest BCUT2D eigenvalue weighted by atomic mass is 35.5. The highest BCUT2D eigenvalue weighted by molar-refractivity contribution is 8.18. The highest BCUT2D eigenvalue weighted by Crippen LogP contribution is 2.34. The number of hydrogen-bond acceptors (Lipinski definition) is 5. The van der Waals surface area contributed by atoms with Crippen LogP contribution >= 0.6 is 35.0 Å². The van der Waals surface area contributed by atoms with Gasteiger partial charge in [0.25, 0.3) is 16.8 Å². The molecule has 0 saturated carbocycles. The highest BCUT2D eigenvalue weighted by Gasteiger charge is 2.35. The molecule has 4 rings (SSSR count). The van der Waals surface area contributed by atoms with E-state index in [4.69, 9.17) is 23.2 Å². The third kappa shape index (κ3) is 4.57. The molecule has 0 radical (unpaired) electrons. The van der Waals surface area contributed by atoms with E-state index in [0.717, 1.165) is 16.7 Å². The summed E-state index contributed by atoms with van der Waals surface area (Å²) in [6.45, 7) is 0.333. The summed E-state index contributed by atoms with van der Waals surface area (Å²) in [6.07, 6.45) is 3.39. The van der Waals surface area contributed by atoms with Crippen molar-refractivity contribution in [3.05, 3.63) is 103 Å². The monoisotopic (exact) mass is 487 g/mol. The van der Waals surface area contributed by atoms with Gasteiger partial charge in [-0.2, -0.15) is 0 Å². The van der Waals surface area contributed by atoms with Crippen LogP contribution in [0.1, 0.15) is 16.8 Å². The average molecular weight is 488 g/mol. The van der Waals surface area contributed by atoms with E-state index in [1.807, 2.05) is 0 Å². The van der Waals surface area contributed by atoms with Gasteiger partial charge >= 0.3 is 0 Å². The molecule has 0 N–H and O–H groups in total. The average Bonchev–Trinajstić information content (AvgIpc) is 3.30. The molecule has 2 heterocycles. The number of aromatic nitrogens is 1. The maximum absolute atomic E-state index is 12.9. The summed E-state index contributed by atoms with van der Waals surface area (Å²) in [5.74, 6) is -0.412. The van der Waals surface area contributed by atoms with Crippen LogP contribution in [-0.2, 0) is 17.9 Å². The summed E-state index contributed by atoms with van der Waals surface area (Å²) in [4.78, 5) is 37.6. The molecule has 1 fully saturated rings. The van der Waals surface area contributed by atoms with E-state index >= 15 is 0 Å². The van der Waals surface area contributed by atoms with E-state index in [-0.39, 0.29) is 28.9 Å². The van der Waals surface area contributed by atoms with Crippen molar-refractivity contribution in [1.29, 1.82) is 0 Å².